The normalized spacial score (nSPS) is 14.5. The van der Waals surface area contributed by atoms with Crippen molar-refractivity contribution in [3.63, 3.8) is 0 Å². The maximum Gasteiger partial charge on any atom is 0.472 e. The van der Waals surface area contributed by atoms with E-state index in [1.807, 2.05) is 0 Å². The first-order chi connectivity index (χ1) is 41.1. The first-order valence-corrected chi connectivity index (χ1v) is 37.7. The highest BCUT2D eigenvalue weighted by Gasteiger charge is 2.30. The van der Waals surface area contributed by atoms with Gasteiger partial charge in [-0.3, -0.25) is 37.3 Å². The molecule has 0 aliphatic rings. The molecule has 0 aliphatic heterocycles. The van der Waals surface area contributed by atoms with Crippen LogP contribution in [0.3, 0.4) is 0 Å². The molecule has 19 heteroatoms. The van der Waals surface area contributed by atoms with Gasteiger partial charge in [-0.2, -0.15) is 0 Å². The number of hydrogen-bond acceptors (Lipinski definition) is 15. The molecule has 0 radical (unpaired) electrons. The molecular weight excluding hydrogens is 1130 g/mol. The van der Waals surface area contributed by atoms with Crippen molar-refractivity contribution in [2.45, 2.75) is 355 Å². The van der Waals surface area contributed by atoms with Gasteiger partial charge in [0.1, 0.15) is 19.3 Å². The quantitative estimate of drug-likeness (QED) is 0.0222. The molecule has 0 heterocycles. The standard InChI is InChI=1S/C66H128O17P2/c1-6-10-13-16-19-22-24-26-30-35-40-45-50-64(69)77-56-62(83-66(71)52-47-42-37-32-28-27-29-33-38-43-48-59(5)9-4)58-81-85(74,75)79-54-60(67)53-78-84(72,73)80-57-61(55-76-63(68)49-44-39-34-21-18-15-12-8-3)82-65(70)51-46-41-36-31-25-23-20-17-14-11-7-2/h59-62,67H,6-58H2,1-5H3,(H,72,73)(H,74,75)/t59?,60-,61+,62+/m0/s1. The lowest BCUT2D eigenvalue weighted by molar-refractivity contribution is -0.161. The molecule has 0 aromatic carbocycles. The minimum atomic E-state index is -4.95. The fraction of sp³-hybridized carbons (Fsp3) is 0.939. The zero-order valence-corrected chi connectivity index (χ0v) is 56.5. The van der Waals surface area contributed by atoms with Gasteiger partial charge >= 0.3 is 39.5 Å². The molecule has 0 fully saturated rings. The van der Waals surface area contributed by atoms with Gasteiger partial charge in [-0.05, 0) is 31.6 Å². The Balaban J connectivity index is 5.23. The molecule has 85 heavy (non-hydrogen) atoms. The monoisotopic (exact) mass is 1250 g/mol. The van der Waals surface area contributed by atoms with Crippen LogP contribution < -0.4 is 0 Å². The summed E-state index contributed by atoms with van der Waals surface area (Å²) in [6.45, 7) is 7.21. The Hall–Kier alpha value is -1.94. The molecule has 0 bridgehead atoms. The SMILES string of the molecule is CCCCCCCCCCCCCCC(=O)OC[C@H](COP(=O)(O)OC[C@@H](O)COP(=O)(O)OC[C@@H](COC(=O)CCCCCCCCCC)OC(=O)CCCCCCCCCCCCC)OC(=O)CCCCCCCCCCCCC(C)CC. The zero-order valence-electron chi connectivity index (χ0n) is 54.7. The number of aliphatic hydroxyl groups excluding tert-OH is 1. The molecule has 504 valence electrons. The maximum absolute atomic E-state index is 13.0. The van der Waals surface area contributed by atoms with E-state index in [4.69, 9.17) is 37.0 Å². The first-order valence-electron chi connectivity index (χ1n) is 34.7. The van der Waals surface area contributed by atoms with Gasteiger partial charge in [0.25, 0.3) is 0 Å². The van der Waals surface area contributed by atoms with E-state index < -0.39 is 97.5 Å². The smallest absolute Gasteiger partial charge is 0.462 e. The van der Waals surface area contributed by atoms with Crippen LogP contribution in [0.25, 0.3) is 0 Å². The number of rotatable bonds is 66. The number of carbonyl (C=O) groups is 4. The fourth-order valence-corrected chi connectivity index (χ4v) is 11.5. The lowest BCUT2D eigenvalue weighted by atomic mass is 9.99. The predicted octanol–water partition coefficient (Wildman–Crippen LogP) is 18.6. The van der Waals surface area contributed by atoms with Crippen LogP contribution in [-0.4, -0.2) is 96.7 Å². The van der Waals surface area contributed by atoms with E-state index in [9.17, 15) is 43.2 Å². The Labute approximate surface area is 517 Å². The molecular formula is C66H128O17P2. The number of carbonyl (C=O) groups excluding carboxylic acids is 4. The van der Waals surface area contributed by atoms with Gasteiger partial charge in [0.05, 0.1) is 26.4 Å². The van der Waals surface area contributed by atoms with Crippen LogP contribution in [-0.2, 0) is 65.4 Å². The highest BCUT2D eigenvalue weighted by atomic mass is 31.2. The van der Waals surface area contributed by atoms with E-state index in [1.165, 1.54) is 154 Å². The summed E-state index contributed by atoms with van der Waals surface area (Å²) in [5, 5.41) is 10.5. The second kappa shape index (κ2) is 59.7. The summed E-state index contributed by atoms with van der Waals surface area (Å²) in [6.07, 6.45) is 44.2. The van der Waals surface area contributed by atoms with Gasteiger partial charge in [0.15, 0.2) is 12.2 Å². The number of unbranched alkanes of at least 4 members (excludes halogenated alkanes) is 37. The zero-order chi connectivity index (χ0) is 62.8. The molecule has 0 aromatic rings. The van der Waals surface area contributed by atoms with E-state index in [1.54, 1.807) is 0 Å². The summed E-state index contributed by atoms with van der Waals surface area (Å²) >= 11 is 0. The molecule has 0 aromatic heterocycles. The van der Waals surface area contributed by atoms with Gasteiger partial charge in [0, 0.05) is 25.7 Å². The number of ether oxygens (including phenoxy) is 4. The molecule has 0 amide bonds. The topological polar surface area (TPSA) is 237 Å². The lowest BCUT2D eigenvalue weighted by Crippen LogP contribution is -2.30. The Bertz CT molecular complexity index is 1650. The van der Waals surface area contributed by atoms with Gasteiger partial charge in [-0.15, -0.1) is 0 Å². The summed E-state index contributed by atoms with van der Waals surface area (Å²) in [6, 6.07) is 0. The Morgan fingerprint density at radius 1 is 0.329 bits per heavy atom. The van der Waals surface area contributed by atoms with Gasteiger partial charge < -0.3 is 33.8 Å². The molecule has 3 unspecified atom stereocenters. The summed E-state index contributed by atoms with van der Waals surface area (Å²) in [4.78, 5) is 72.3. The lowest BCUT2D eigenvalue weighted by Gasteiger charge is -2.21. The number of hydrogen-bond donors (Lipinski definition) is 3. The highest BCUT2D eigenvalue weighted by molar-refractivity contribution is 7.47. The van der Waals surface area contributed by atoms with E-state index >= 15 is 0 Å². The van der Waals surface area contributed by atoms with Crippen molar-refractivity contribution in [1.29, 1.82) is 0 Å². The van der Waals surface area contributed by atoms with Crippen molar-refractivity contribution >= 4 is 39.5 Å². The third kappa shape index (κ3) is 59.5. The van der Waals surface area contributed by atoms with Crippen LogP contribution in [0.4, 0.5) is 0 Å². The van der Waals surface area contributed by atoms with E-state index in [0.29, 0.717) is 25.7 Å². The van der Waals surface area contributed by atoms with Crippen molar-refractivity contribution in [3.8, 4) is 0 Å². The summed E-state index contributed by atoms with van der Waals surface area (Å²) < 4.78 is 68.1. The van der Waals surface area contributed by atoms with Crippen molar-refractivity contribution < 1.29 is 80.2 Å². The molecule has 0 aliphatic carbocycles. The molecule has 0 rings (SSSR count). The highest BCUT2D eigenvalue weighted by Crippen LogP contribution is 2.45. The Morgan fingerprint density at radius 3 is 0.835 bits per heavy atom. The minimum Gasteiger partial charge on any atom is -0.462 e. The summed E-state index contributed by atoms with van der Waals surface area (Å²) in [7, 11) is -9.89. The van der Waals surface area contributed by atoms with Gasteiger partial charge in [-0.25, -0.2) is 9.13 Å². The number of esters is 4. The second-order valence-electron chi connectivity index (χ2n) is 24.1. The van der Waals surface area contributed by atoms with Gasteiger partial charge in [0.2, 0.25) is 0 Å². The summed E-state index contributed by atoms with van der Waals surface area (Å²) in [5.41, 5.74) is 0. The van der Waals surface area contributed by atoms with Crippen molar-refractivity contribution in [1.82, 2.24) is 0 Å². The molecule has 17 nitrogen and oxygen atoms in total. The van der Waals surface area contributed by atoms with Crippen molar-refractivity contribution in [2.75, 3.05) is 39.6 Å². The number of phosphoric acid groups is 2. The van der Waals surface area contributed by atoms with Crippen LogP contribution in [0.1, 0.15) is 336 Å². The van der Waals surface area contributed by atoms with E-state index in [2.05, 4.69) is 34.6 Å². The first kappa shape index (κ1) is 83.1. The molecule has 0 saturated carbocycles. The summed E-state index contributed by atoms with van der Waals surface area (Å²) in [5.74, 6) is -1.33. The van der Waals surface area contributed by atoms with Crippen molar-refractivity contribution in [3.05, 3.63) is 0 Å². The second-order valence-corrected chi connectivity index (χ2v) is 27.0. The maximum atomic E-state index is 13.0. The number of phosphoric ester groups is 2. The van der Waals surface area contributed by atoms with E-state index in [-0.39, 0.29) is 25.7 Å². The fourth-order valence-electron chi connectivity index (χ4n) is 9.90. The average Bonchev–Trinajstić information content (AvgIpc) is 3.55. The predicted molar refractivity (Wildman–Crippen MR) is 340 cm³/mol. The Kier molecular flexibility index (Phi) is 58.3. The van der Waals surface area contributed by atoms with Crippen LogP contribution >= 0.6 is 15.6 Å². The Morgan fingerprint density at radius 2 is 0.565 bits per heavy atom. The number of aliphatic hydroxyl groups is 1. The van der Waals surface area contributed by atoms with Crippen LogP contribution in [0, 0.1) is 5.92 Å². The van der Waals surface area contributed by atoms with Crippen LogP contribution in [0.5, 0.6) is 0 Å². The molecule has 0 saturated heterocycles. The van der Waals surface area contributed by atoms with E-state index in [0.717, 1.165) is 102 Å². The average molecular weight is 1260 g/mol. The third-order valence-electron chi connectivity index (χ3n) is 15.6. The largest absolute Gasteiger partial charge is 0.472 e. The molecule has 0 spiro atoms. The minimum absolute atomic E-state index is 0.107. The van der Waals surface area contributed by atoms with Gasteiger partial charge in [-0.1, -0.05) is 285 Å². The molecule has 3 N–H and O–H groups in total. The molecule has 6 atom stereocenters. The van der Waals surface area contributed by atoms with Crippen molar-refractivity contribution in [2.24, 2.45) is 5.92 Å². The third-order valence-corrected chi connectivity index (χ3v) is 17.5. The van der Waals surface area contributed by atoms with Crippen LogP contribution in [0.15, 0.2) is 0 Å². The van der Waals surface area contributed by atoms with Crippen LogP contribution in [0.2, 0.25) is 0 Å².